The fourth-order valence-electron chi connectivity index (χ4n) is 3.21. The lowest BCUT2D eigenvalue weighted by atomic mass is 10.2. The molecule has 3 aromatic carbocycles. The number of amides is 3. The van der Waals surface area contributed by atoms with Crippen LogP contribution < -0.4 is 10.1 Å². The number of imide groups is 1. The third-order valence-electron chi connectivity index (χ3n) is 5.03. The van der Waals surface area contributed by atoms with E-state index >= 15 is 0 Å². The second-order valence-electron chi connectivity index (χ2n) is 7.60. The van der Waals surface area contributed by atoms with Gasteiger partial charge in [0.1, 0.15) is 18.9 Å². The first kappa shape index (κ1) is 25.4. The summed E-state index contributed by atoms with van der Waals surface area (Å²) in [7, 11) is 0. The van der Waals surface area contributed by atoms with E-state index in [1.165, 1.54) is 12.1 Å². The van der Waals surface area contributed by atoms with Crippen molar-refractivity contribution in [1.29, 1.82) is 0 Å². The van der Waals surface area contributed by atoms with Crippen LogP contribution in [0, 0.1) is 13.7 Å². The zero-order chi connectivity index (χ0) is 25.7. The number of anilines is 1. The summed E-state index contributed by atoms with van der Waals surface area (Å²) in [6.07, 6.45) is 1.59. The van der Waals surface area contributed by atoms with Crippen molar-refractivity contribution in [1.82, 2.24) is 4.90 Å². The van der Waals surface area contributed by atoms with Gasteiger partial charge in [0, 0.05) is 21.4 Å². The van der Waals surface area contributed by atoms with Gasteiger partial charge < -0.3 is 10.1 Å². The van der Waals surface area contributed by atoms with Crippen molar-refractivity contribution >= 4 is 68.9 Å². The molecule has 36 heavy (non-hydrogen) atoms. The summed E-state index contributed by atoms with van der Waals surface area (Å²) in [6, 6.07) is 20.2. The van der Waals surface area contributed by atoms with E-state index in [0.29, 0.717) is 17.0 Å². The number of nitro benzene ring substituents is 1. The first-order chi connectivity index (χ1) is 17.3. The molecule has 0 aromatic heterocycles. The number of thioether (sulfide) groups is 1. The van der Waals surface area contributed by atoms with E-state index in [4.69, 9.17) is 4.74 Å². The van der Waals surface area contributed by atoms with Crippen molar-refractivity contribution in [3.8, 4) is 5.75 Å². The zero-order valence-corrected chi connectivity index (χ0v) is 21.5. The highest BCUT2D eigenvalue weighted by atomic mass is 127. The number of rotatable bonds is 8. The molecule has 182 valence electrons. The van der Waals surface area contributed by atoms with Crippen molar-refractivity contribution in [2.45, 2.75) is 6.61 Å². The van der Waals surface area contributed by atoms with Crippen molar-refractivity contribution < 1.29 is 24.0 Å². The number of halogens is 1. The molecule has 11 heteroatoms. The zero-order valence-electron chi connectivity index (χ0n) is 18.5. The summed E-state index contributed by atoms with van der Waals surface area (Å²) in [6.45, 7) is -0.135. The standard InChI is InChI=1S/C25H18IN3O6S/c26-18-5-7-19(8-6-18)27-23(30)14-28-24(31)22(36-25(28)32)13-16-3-11-21(12-4-16)35-15-17-1-9-20(10-2-17)29(33)34/h1-13H,14-15H2,(H,27,30)/b22-13+. The molecule has 1 aliphatic heterocycles. The molecule has 0 radical (unpaired) electrons. The van der Waals surface area contributed by atoms with Crippen LogP contribution in [0.4, 0.5) is 16.2 Å². The lowest BCUT2D eigenvalue weighted by Crippen LogP contribution is -2.36. The topological polar surface area (TPSA) is 119 Å². The molecule has 0 atom stereocenters. The molecular weight excluding hydrogens is 597 g/mol. The molecule has 1 heterocycles. The van der Waals surface area contributed by atoms with E-state index in [1.54, 1.807) is 54.6 Å². The molecule has 0 bridgehead atoms. The highest BCUT2D eigenvalue weighted by Crippen LogP contribution is 2.32. The average molecular weight is 615 g/mol. The highest BCUT2D eigenvalue weighted by molar-refractivity contribution is 14.1. The average Bonchev–Trinajstić information content (AvgIpc) is 3.12. The summed E-state index contributed by atoms with van der Waals surface area (Å²) in [4.78, 5) is 48.8. The summed E-state index contributed by atoms with van der Waals surface area (Å²) in [5, 5.41) is 12.9. The van der Waals surface area contributed by atoms with E-state index in [-0.39, 0.29) is 23.7 Å². The monoisotopic (exact) mass is 615 g/mol. The Kier molecular flexibility index (Phi) is 8.00. The number of nitro groups is 1. The number of carbonyl (C=O) groups is 3. The minimum Gasteiger partial charge on any atom is -0.489 e. The second kappa shape index (κ2) is 11.4. The number of nitrogens with zero attached hydrogens (tertiary/aromatic N) is 2. The Morgan fingerprint density at radius 1 is 1.03 bits per heavy atom. The Labute approximate surface area is 223 Å². The van der Waals surface area contributed by atoms with Gasteiger partial charge >= 0.3 is 0 Å². The summed E-state index contributed by atoms with van der Waals surface area (Å²) in [5.74, 6) is -0.415. The van der Waals surface area contributed by atoms with Crippen LogP contribution in [-0.2, 0) is 16.2 Å². The highest BCUT2D eigenvalue weighted by Gasteiger charge is 2.36. The fourth-order valence-corrected chi connectivity index (χ4v) is 4.40. The minimum absolute atomic E-state index is 0.0131. The van der Waals surface area contributed by atoms with Crippen LogP contribution in [0.5, 0.6) is 5.75 Å². The third-order valence-corrected chi connectivity index (χ3v) is 6.66. The Hall–Kier alpha value is -3.71. The quantitative estimate of drug-likeness (QED) is 0.155. The molecule has 1 aliphatic rings. The molecule has 0 spiro atoms. The molecule has 1 saturated heterocycles. The number of nitrogens with one attached hydrogen (secondary N) is 1. The first-order valence-electron chi connectivity index (χ1n) is 10.6. The molecule has 9 nitrogen and oxygen atoms in total. The van der Waals surface area contributed by atoms with Gasteiger partial charge in [-0.25, -0.2) is 0 Å². The Balaban J connectivity index is 1.33. The molecule has 3 amide bonds. The van der Waals surface area contributed by atoms with E-state index < -0.39 is 22.0 Å². The predicted octanol–water partition coefficient (Wildman–Crippen LogP) is 5.45. The number of non-ortho nitro benzene ring substituents is 1. The molecule has 3 aromatic rings. The van der Waals surface area contributed by atoms with Crippen molar-refractivity contribution in [2.24, 2.45) is 0 Å². The molecule has 1 fully saturated rings. The van der Waals surface area contributed by atoms with Crippen LogP contribution >= 0.6 is 34.4 Å². The van der Waals surface area contributed by atoms with Crippen LogP contribution in [0.1, 0.15) is 11.1 Å². The fraction of sp³-hybridized carbons (Fsp3) is 0.0800. The molecular formula is C25H18IN3O6S. The molecule has 0 saturated carbocycles. The van der Waals surface area contributed by atoms with Crippen LogP contribution in [0.25, 0.3) is 6.08 Å². The van der Waals surface area contributed by atoms with Gasteiger partial charge in [0.25, 0.3) is 16.8 Å². The van der Waals surface area contributed by atoms with E-state index in [2.05, 4.69) is 27.9 Å². The van der Waals surface area contributed by atoms with Crippen LogP contribution in [-0.4, -0.2) is 33.4 Å². The number of benzene rings is 3. The van der Waals surface area contributed by atoms with Gasteiger partial charge in [-0.2, -0.15) is 0 Å². The molecule has 4 rings (SSSR count). The smallest absolute Gasteiger partial charge is 0.294 e. The van der Waals surface area contributed by atoms with Gasteiger partial charge in [-0.05, 0) is 100 Å². The maximum Gasteiger partial charge on any atom is 0.294 e. The first-order valence-corrected chi connectivity index (χ1v) is 12.4. The SMILES string of the molecule is O=C(CN1C(=O)S/C(=C/c2ccc(OCc3ccc([N+](=O)[O-])cc3)cc2)C1=O)Nc1ccc(I)cc1. The lowest BCUT2D eigenvalue weighted by molar-refractivity contribution is -0.384. The van der Waals surface area contributed by atoms with Crippen LogP contribution in [0.3, 0.4) is 0 Å². The maximum absolute atomic E-state index is 12.7. The van der Waals surface area contributed by atoms with Gasteiger partial charge in [0.2, 0.25) is 5.91 Å². The number of carbonyl (C=O) groups excluding carboxylic acids is 3. The van der Waals surface area contributed by atoms with E-state index in [1.807, 2.05) is 12.1 Å². The normalized spacial score (nSPS) is 14.2. The summed E-state index contributed by atoms with van der Waals surface area (Å²) in [5.41, 5.74) is 2.06. The predicted molar refractivity (Wildman–Crippen MR) is 144 cm³/mol. The van der Waals surface area contributed by atoms with Crippen LogP contribution in [0.15, 0.2) is 77.7 Å². The van der Waals surface area contributed by atoms with Crippen LogP contribution in [0.2, 0.25) is 0 Å². The maximum atomic E-state index is 12.7. The van der Waals surface area contributed by atoms with Crippen molar-refractivity contribution in [2.75, 3.05) is 11.9 Å². The molecule has 1 N–H and O–H groups in total. The van der Waals surface area contributed by atoms with Gasteiger partial charge in [0.15, 0.2) is 0 Å². The van der Waals surface area contributed by atoms with E-state index in [0.717, 1.165) is 25.8 Å². The van der Waals surface area contributed by atoms with Crippen molar-refractivity contribution in [3.63, 3.8) is 0 Å². The minimum atomic E-state index is -0.527. The number of ether oxygens (including phenoxy) is 1. The van der Waals surface area contributed by atoms with Gasteiger partial charge in [-0.15, -0.1) is 0 Å². The van der Waals surface area contributed by atoms with Crippen molar-refractivity contribution in [3.05, 3.63) is 103 Å². The Bertz CT molecular complexity index is 1340. The number of hydrogen-bond donors (Lipinski definition) is 1. The molecule has 0 aliphatic carbocycles. The third kappa shape index (κ3) is 6.49. The van der Waals surface area contributed by atoms with Gasteiger partial charge in [-0.3, -0.25) is 29.4 Å². The molecule has 0 unspecified atom stereocenters. The summed E-state index contributed by atoms with van der Waals surface area (Å²) < 4.78 is 6.72. The van der Waals surface area contributed by atoms with E-state index in [9.17, 15) is 24.5 Å². The Morgan fingerprint density at radius 2 is 1.69 bits per heavy atom. The Morgan fingerprint density at radius 3 is 2.33 bits per heavy atom. The lowest BCUT2D eigenvalue weighted by Gasteiger charge is -2.12. The largest absolute Gasteiger partial charge is 0.489 e. The number of hydrogen-bond acceptors (Lipinski definition) is 7. The van der Waals surface area contributed by atoms with Gasteiger partial charge in [-0.1, -0.05) is 12.1 Å². The van der Waals surface area contributed by atoms with Gasteiger partial charge in [0.05, 0.1) is 9.83 Å². The second-order valence-corrected chi connectivity index (χ2v) is 9.84. The summed E-state index contributed by atoms with van der Waals surface area (Å²) >= 11 is 2.93.